The Morgan fingerprint density at radius 2 is 2.05 bits per heavy atom. The fourth-order valence-corrected chi connectivity index (χ4v) is 4.54. The average molecular weight is 401 g/mol. The van der Waals surface area contributed by atoms with Gasteiger partial charge in [0.2, 0.25) is 0 Å². The van der Waals surface area contributed by atoms with Crippen molar-refractivity contribution in [2.75, 3.05) is 0 Å². The van der Waals surface area contributed by atoms with Crippen molar-refractivity contribution in [1.82, 2.24) is 14.8 Å². The first-order valence-corrected chi connectivity index (χ1v) is 9.14. The molecule has 0 saturated heterocycles. The van der Waals surface area contributed by atoms with Crippen LogP contribution in [0.2, 0.25) is 5.02 Å². The second-order valence-electron chi connectivity index (χ2n) is 4.34. The van der Waals surface area contributed by atoms with Gasteiger partial charge in [-0.05, 0) is 40.2 Å². The van der Waals surface area contributed by atoms with Gasteiger partial charge in [0.1, 0.15) is 0 Å². The monoisotopic (exact) mass is 399 g/mol. The molecule has 3 nitrogen and oxygen atoms in total. The average Bonchev–Trinajstić information content (AvgIpc) is 3.04. The molecule has 2 aromatic heterocycles. The molecule has 0 aliphatic heterocycles. The van der Waals surface area contributed by atoms with Crippen molar-refractivity contribution >= 4 is 50.6 Å². The summed E-state index contributed by atoms with van der Waals surface area (Å²) in [6, 6.07) is 11.9. The number of rotatable bonds is 4. The Labute approximate surface area is 144 Å². The minimum Gasteiger partial charge on any atom is -0.305 e. The lowest BCUT2D eigenvalue weighted by molar-refractivity contribution is 0.794. The van der Waals surface area contributed by atoms with E-state index in [2.05, 4.69) is 38.3 Å². The van der Waals surface area contributed by atoms with Crippen molar-refractivity contribution in [2.45, 2.75) is 10.9 Å². The molecule has 0 aliphatic rings. The van der Waals surface area contributed by atoms with Crippen molar-refractivity contribution in [3.8, 4) is 11.4 Å². The van der Waals surface area contributed by atoms with Crippen LogP contribution in [0.15, 0.2) is 45.3 Å². The highest BCUT2D eigenvalue weighted by Crippen LogP contribution is 2.31. The Morgan fingerprint density at radius 3 is 2.76 bits per heavy atom. The molecule has 3 aromatic rings. The van der Waals surface area contributed by atoms with Crippen LogP contribution < -0.4 is 0 Å². The molecular weight excluding hydrogens is 390 g/mol. The quantitative estimate of drug-likeness (QED) is 0.560. The highest BCUT2D eigenvalue weighted by atomic mass is 79.9. The number of thiophene rings is 1. The van der Waals surface area contributed by atoms with Gasteiger partial charge < -0.3 is 4.57 Å². The van der Waals surface area contributed by atoms with E-state index in [9.17, 15) is 0 Å². The normalized spacial score (nSPS) is 11.0. The van der Waals surface area contributed by atoms with Gasteiger partial charge in [0.15, 0.2) is 11.0 Å². The first-order valence-electron chi connectivity index (χ1n) is 6.16. The fourth-order valence-electron chi connectivity index (χ4n) is 1.88. The van der Waals surface area contributed by atoms with Crippen LogP contribution in [0.4, 0.5) is 0 Å². The van der Waals surface area contributed by atoms with Crippen LogP contribution in [-0.2, 0) is 12.8 Å². The Kier molecular flexibility index (Phi) is 4.69. The van der Waals surface area contributed by atoms with E-state index in [1.165, 1.54) is 4.88 Å². The van der Waals surface area contributed by atoms with E-state index in [0.717, 1.165) is 26.1 Å². The predicted molar refractivity (Wildman–Crippen MR) is 93.0 cm³/mol. The van der Waals surface area contributed by atoms with Crippen LogP contribution in [0.25, 0.3) is 11.4 Å². The van der Waals surface area contributed by atoms with Gasteiger partial charge in [0, 0.05) is 23.2 Å². The summed E-state index contributed by atoms with van der Waals surface area (Å²) in [7, 11) is 1.96. The summed E-state index contributed by atoms with van der Waals surface area (Å²) in [5, 5.41) is 10.1. The van der Waals surface area contributed by atoms with Crippen LogP contribution in [0.5, 0.6) is 0 Å². The molecule has 7 heteroatoms. The zero-order chi connectivity index (χ0) is 14.8. The number of hydrogen-bond acceptors (Lipinski definition) is 4. The summed E-state index contributed by atoms with van der Waals surface area (Å²) in [5.74, 6) is 1.67. The Hall–Kier alpha value is -0.820. The molecule has 1 aromatic carbocycles. The van der Waals surface area contributed by atoms with Crippen molar-refractivity contribution in [3.05, 3.63) is 50.1 Å². The first kappa shape index (κ1) is 15.1. The van der Waals surface area contributed by atoms with Gasteiger partial charge in [-0.15, -0.1) is 21.5 Å². The third-order valence-corrected chi connectivity index (χ3v) is 6.13. The number of thioether (sulfide) groups is 1. The van der Waals surface area contributed by atoms with Crippen molar-refractivity contribution < 1.29 is 0 Å². The van der Waals surface area contributed by atoms with Crippen LogP contribution in [0.1, 0.15) is 4.88 Å². The minimum absolute atomic E-state index is 0.687. The number of halogens is 2. The topological polar surface area (TPSA) is 30.7 Å². The molecule has 3 rings (SSSR count). The lowest BCUT2D eigenvalue weighted by atomic mass is 10.2. The van der Waals surface area contributed by atoms with Gasteiger partial charge in [0.05, 0.1) is 8.81 Å². The molecule has 21 heavy (non-hydrogen) atoms. The summed E-state index contributed by atoms with van der Waals surface area (Å²) >= 11 is 13.1. The summed E-state index contributed by atoms with van der Waals surface area (Å²) in [5.41, 5.74) is 0.903. The minimum atomic E-state index is 0.687. The second kappa shape index (κ2) is 6.52. The van der Waals surface area contributed by atoms with Gasteiger partial charge >= 0.3 is 0 Å². The van der Waals surface area contributed by atoms with E-state index in [0.29, 0.717) is 5.02 Å². The van der Waals surface area contributed by atoms with Crippen molar-refractivity contribution in [3.63, 3.8) is 0 Å². The van der Waals surface area contributed by atoms with Crippen molar-refractivity contribution in [2.24, 2.45) is 7.05 Å². The highest BCUT2D eigenvalue weighted by molar-refractivity contribution is 9.11. The molecule has 0 spiro atoms. The van der Waals surface area contributed by atoms with Crippen LogP contribution in [0, 0.1) is 0 Å². The Balaban J connectivity index is 1.81. The zero-order valence-electron chi connectivity index (χ0n) is 11.1. The smallest absolute Gasteiger partial charge is 0.191 e. The number of nitrogens with zero attached hydrogens (tertiary/aromatic N) is 3. The summed E-state index contributed by atoms with van der Waals surface area (Å²) in [6.07, 6.45) is 0. The summed E-state index contributed by atoms with van der Waals surface area (Å²) in [6.45, 7) is 0. The number of hydrogen-bond donors (Lipinski definition) is 0. The maximum atomic E-state index is 6.22. The van der Waals surface area contributed by atoms with Gasteiger partial charge in [-0.3, -0.25) is 0 Å². The maximum absolute atomic E-state index is 6.22. The summed E-state index contributed by atoms with van der Waals surface area (Å²) in [4.78, 5) is 1.30. The summed E-state index contributed by atoms with van der Waals surface area (Å²) < 4.78 is 3.13. The first-order chi connectivity index (χ1) is 10.1. The maximum Gasteiger partial charge on any atom is 0.191 e. The van der Waals surface area contributed by atoms with E-state index < -0.39 is 0 Å². The van der Waals surface area contributed by atoms with E-state index in [1.807, 2.05) is 35.9 Å². The molecular formula is C14H11BrClN3S2. The van der Waals surface area contributed by atoms with Crippen LogP contribution >= 0.6 is 50.6 Å². The zero-order valence-corrected chi connectivity index (χ0v) is 15.1. The SMILES string of the molecule is Cn1c(SCc2ccc(Br)s2)nnc1-c1ccccc1Cl. The van der Waals surface area contributed by atoms with Gasteiger partial charge in [-0.1, -0.05) is 35.5 Å². The van der Waals surface area contributed by atoms with E-state index in [4.69, 9.17) is 11.6 Å². The Bertz CT molecular complexity index is 769. The van der Waals surface area contributed by atoms with E-state index in [1.54, 1.807) is 23.1 Å². The third kappa shape index (κ3) is 3.34. The lowest BCUT2D eigenvalue weighted by Crippen LogP contribution is -1.95. The molecule has 0 aliphatic carbocycles. The van der Waals surface area contributed by atoms with Crippen LogP contribution in [-0.4, -0.2) is 14.8 Å². The lowest BCUT2D eigenvalue weighted by Gasteiger charge is -2.04. The largest absolute Gasteiger partial charge is 0.305 e. The van der Waals surface area contributed by atoms with Gasteiger partial charge in [-0.2, -0.15) is 0 Å². The predicted octanol–water partition coefficient (Wildman–Crippen LogP) is 5.25. The second-order valence-corrected chi connectivity index (χ2v) is 8.24. The fraction of sp³-hybridized carbons (Fsp3) is 0.143. The van der Waals surface area contributed by atoms with Gasteiger partial charge in [-0.25, -0.2) is 0 Å². The van der Waals surface area contributed by atoms with E-state index in [-0.39, 0.29) is 0 Å². The molecule has 0 radical (unpaired) electrons. The molecule has 0 fully saturated rings. The third-order valence-electron chi connectivity index (χ3n) is 2.92. The highest BCUT2D eigenvalue weighted by Gasteiger charge is 2.13. The van der Waals surface area contributed by atoms with E-state index >= 15 is 0 Å². The molecule has 0 amide bonds. The van der Waals surface area contributed by atoms with Crippen LogP contribution in [0.3, 0.4) is 0 Å². The number of benzene rings is 1. The van der Waals surface area contributed by atoms with Crippen molar-refractivity contribution in [1.29, 1.82) is 0 Å². The van der Waals surface area contributed by atoms with Gasteiger partial charge in [0.25, 0.3) is 0 Å². The molecule has 0 N–H and O–H groups in total. The Morgan fingerprint density at radius 1 is 1.24 bits per heavy atom. The molecule has 0 bridgehead atoms. The molecule has 0 saturated carbocycles. The number of aromatic nitrogens is 3. The molecule has 108 valence electrons. The molecule has 2 heterocycles. The molecule has 0 atom stereocenters. The standard InChI is InChI=1S/C14H11BrClN3S2/c1-19-13(10-4-2-3-5-11(10)16)17-18-14(19)20-8-9-6-7-12(15)21-9/h2-7H,8H2,1H3. The molecule has 0 unspecified atom stereocenters.